The van der Waals surface area contributed by atoms with E-state index >= 15 is 0 Å². The van der Waals surface area contributed by atoms with E-state index in [0.29, 0.717) is 28.5 Å². The summed E-state index contributed by atoms with van der Waals surface area (Å²) in [6.07, 6.45) is 0.913. The standard InChI is InChI=1S/C18H17ClO4/c1-2-11-22-16-9-5-14(6-10-16)18(21)23-12-17(20)13-3-7-15(19)8-4-13/h3-10H,2,11-12H2,1H3. The molecule has 0 aromatic heterocycles. The number of rotatable bonds is 7. The van der Waals surface area contributed by atoms with Gasteiger partial charge in [-0.1, -0.05) is 18.5 Å². The van der Waals surface area contributed by atoms with Crippen molar-refractivity contribution in [2.24, 2.45) is 0 Å². The summed E-state index contributed by atoms with van der Waals surface area (Å²) in [4.78, 5) is 23.8. The molecule has 0 spiro atoms. The lowest BCUT2D eigenvalue weighted by Gasteiger charge is -2.07. The van der Waals surface area contributed by atoms with Crippen molar-refractivity contribution in [3.05, 3.63) is 64.7 Å². The number of hydrogen-bond donors (Lipinski definition) is 0. The first-order valence-corrected chi connectivity index (χ1v) is 7.66. The van der Waals surface area contributed by atoms with E-state index in [0.717, 1.165) is 6.42 Å². The van der Waals surface area contributed by atoms with Crippen molar-refractivity contribution < 1.29 is 19.1 Å². The number of hydrogen-bond acceptors (Lipinski definition) is 4. The van der Waals surface area contributed by atoms with Gasteiger partial charge in [-0.3, -0.25) is 4.79 Å². The van der Waals surface area contributed by atoms with Crippen molar-refractivity contribution in [3.8, 4) is 5.75 Å². The molecule has 2 aromatic carbocycles. The SMILES string of the molecule is CCCOc1ccc(C(=O)OCC(=O)c2ccc(Cl)cc2)cc1. The van der Waals surface area contributed by atoms with Gasteiger partial charge in [0, 0.05) is 10.6 Å². The molecule has 0 unspecified atom stereocenters. The van der Waals surface area contributed by atoms with Crippen LogP contribution in [0.1, 0.15) is 34.1 Å². The second-order valence-electron chi connectivity index (χ2n) is 4.88. The van der Waals surface area contributed by atoms with Crippen molar-refractivity contribution in [3.63, 3.8) is 0 Å². The summed E-state index contributed by atoms with van der Waals surface area (Å²) in [5.41, 5.74) is 0.822. The van der Waals surface area contributed by atoms with Crippen LogP contribution in [0.5, 0.6) is 5.75 Å². The maximum atomic E-state index is 11.9. The van der Waals surface area contributed by atoms with Crippen molar-refractivity contribution in [1.29, 1.82) is 0 Å². The van der Waals surface area contributed by atoms with E-state index in [1.54, 1.807) is 48.5 Å². The molecule has 0 atom stereocenters. The van der Waals surface area contributed by atoms with Gasteiger partial charge in [-0.05, 0) is 55.0 Å². The Morgan fingerprint density at radius 3 is 2.17 bits per heavy atom. The van der Waals surface area contributed by atoms with Gasteiger partial charge in [-0.2, -0.15) is 0 Å². The quantitative estimate of drug-likeness (QED) is 0.564. The number of benzene rings is 2. The normalized spacial score (nSPS) is 10.2. The molecule has 0 heterocycles. The number of ketones is 1. The highest BCUT2D eigenvalue weighted by atomic mass is 35.5. The van der Waals surface area contributed by atoms with E-state index in [1.165, 1.54) is 0 Å². The number of carbonyl (C=O) groups is 2. The predicted molar refractivity (Wildman–Crippen MR) is 88.3 cm³/mol. The Hall–Kier alpha value is -2.33. The fourth-order valence-electron chi connectivity index (χ4n) is 1.84. The van der Waals surface area contributed by atoms with Gasteiger partial charge in [-0.25, -0.2) is 4.79 Å². The van der Waals surface area contributed by atoms with Gasteiger partial charge in [0.05, 0.1) is 12.2 Å². The number of esters is 1. The molecule has 120 valence electrons. The van der Waals surface area contributed by atoms with Crippen molar-refractivity contribution in [2.45, 2.75) is 13.3 Å². The average Bonchev–Trinajstić information content (AvgIpc) is 2.58. The van der Waals surface area contributed by atoms with Crippen LogP contribution in [0, 0.1) is 0 Å². The number of Topliss-reactive ketones (excluding diaryl/α,β-unsaturated/α-hetero) is 1. The zero-order valence-corrected chi connectivity index (χ0v) is 13.5. The summed E-state index contributed by atoms with van der Waals surface area (Å²) < 4.78 is 10.5. The van der Waals surface area contributed by atoms with Crippen molar-refractivity contribution in [2.75, 3.05) is 13.2 Å². The molecule has 0 aliphatic rings. The smallest absolute Gasteiger partial charge is 0.338 e. The average molecular weight is 333 g/mol. The van der Waals surface area contributed by atoms with Gasteiger partial charge in [0.25, 0.3) is 0 Å². The van der Waals surface area contributed by atoms with Crippen LogP contribution in [0.2, 0.25) is 5.02 Å². The molecule has 0 amide bonds. The summed E-state index contributed by atoms with van der Waals surface area (Å²) in [5, 5.41) is 0.545. The second-order valence-corrected chi connectivity index (χ2v) is 5.32. The molecular formula is C18H17ClO4. The fraction of sp³-hybridized carbons (Fsp3) is 0.222. The maximum Gasteiger partial charge on any atom is 0.338 e. The van der Waals surface area contributed by atoms with Crippen LogP contribution < -0.4 is 4.74 Å². The topological polar surface area (TPSA) is 52.6 Å². The third kappa shape index (κ3) is 5.11. The van der Waals surface area contributed by atoms with Crippen LogP contribution in [-0.2, 0) is 4.74 Å². The zero-order valence-electron chi connectivity index (χ0n) is 12.8. The zero-order chi connectivity index (χ0) is 16.7. The van der Waals surface area contributed by atoms with Gasteiger partial charge in [0.15, 0.2) is 12.4 Å². The Bertz CT molecular complexity index is 662. The summed E-state index contributed by atoms with van der Waals surface area (Å²) in [5.74, 6) is -0.132. The summed E-state index contributed by atoms with van der Waals surface area (Å²) >= 11 is 5.76. The third-order valence-corrected chi connectivity index (χ3v) is 3.32. The lowest BCUT2D eigenvalue weighted by atomic mass is 10.1. The van der Waals surface area contributed by atoms with Crippen LogP contribution >= 0.6 is 11.6 Å². The molecule has 2 rings (SSSR count). The Morgan fingerprint density at radius 2 is 1.57 bits per heavy atom. The number of carbonyl (C=O) groups excluding carboxylic acids is 2. The Labute approximate surface area is 140 Å². The molecular weight excluding hydrogens is 316 g/mol. The van der Waals surface area contributed by atoms with E-state index in [9.17, 15) is 9.59 Å². The van der Waals surface area contributed by atoms with E-state index in [-0.39, 0.29) is 12.4 Å². The second kappa shape index (κ2) is 8.34. The van der Waals surface area contributed by atoms with Gasteiger partial charge < -0.3 is 9.47 Å². The van der Waals surface area contributed by atoms with Crippen LogP contribution in [0.3, 0.4) is 0 Å². The molecule has 23 heavy (non-hydrogen) atoms. The molecule has 0 aliphatic heterocycles. The minimum absolute atomic E-state index is 0.280. The molecule has 0 N–H and O–H groups in total. The largest absolute Gasteiger partial charge is 0.494 e. The molecule has 0 saturated carbocycles. The van der Waals surface area contributed by atoms with Gasteiger partial charge in [-0.15, -0.1) is 0 Å². The molecule has 0 bridgehead atoms. The Kier molecular flexibility index (Phi) is 6.18. The highest BCUT2D eigenvalue weighted by Gasteiger charge is 2.12. The molecule has 2 aromatic rings. The van der Waals surface area contributed by atoms with E-state index in [2.05, 4.69) is 0 Å². The first-order valence-electron chi connectivity index (χ1n) is 7.29. The molecule has 4 nitrogen and oxygen atoms in total. The fourth-order valence-corrected chi connectivity index (χ4v) is 1.97. The molecule has 0 aliphatic carbocycles. The van der Waals surface area contributed by atoms with E-state index < -0.39 is 5.97 Å². The highest BCUT2D eigenvalue weighted by molar-refractivity contribution is 6.30. The molecule has 0 fully saturated rings. The summed E-state index contributed by atoms with van der Waals surface area (Å²) in [6.45, 7) is 2.33. The first kappa shape index (κ1) is 17.0. The van der Waals surface area contributed by atoms with E-state index in [1.807, 2.05) is 6.92 Å². The van der Waals surface area contributed by atoms with Gasteiger partial charge >= 0.3 is 5.97 Å². The molecule has 0 saturated heterocycles. The Balaban J connectivity index is 1.89. The van der Waals surface area contributed by atoms with E-state index in [4.69, 9.17) is 21.1 Å². The van der Waals surface area contributed by atoms with Crippen LogP contribution in [-0.4, -0.2) is 25.0 Å². The lowest BCUT2D eigenvalue weighted by molar-refractivity contribution is 0.0474. The van der Waals surface area contributed by atoms with Gasteiger partial charge in [0.1, 0.15) is 5.75 Å². The van der Waals surface area contributed by atoms with Crippen molar-refractivity contribution in [1.82, 2.24) is 0 Å². The van der Waals surface area contributed by atoms with Crippen LogP contribution in [0.25, 0.3) is 0 Å². The molecule has 0 radical (unpaired) electrons. The summed E-state index contributed by atoms with van der Waals surface area (Å²) in [6, 6.07) is 13.1. The lowest BCUT2D eigenvalue weighted by Crippen LogP contribution is -2.14. The van der Waals surface area contributed by atoms with Gasteiger partial charge in [0.2, 0.25) is 0 Å². The third-order valence-electron chi connectivity index (χ3n) is 3.06. The van der Waals surface area contributed by atoms with Crippen LogP contribution in [0.15, 0.2) is 48.5 Å². The van der Waals surface area contributed by atoms with Crippen LogP contribution in [0.4, 0.5) is 0 Å². The number of ether oxygens (including phenoxy) is 2. The van der Waals surface area contributed by atoms with Crippen molar-refractivity contribution >= 4 is 23.4 Å². The monoisotopic (exact) mass is 332 g/mol. The summed E-state index contributed by atoms with van der Waals surface area (Å²) in [7, 11) is 0. The first-order chi connectivity index (χ1) is 11.1. The number of halogens is 1. The predicted octanol–water partition coefficient (Wildman–Crippen LogP) is 4.17. The highest BCUT2D eigenvalue weighted by Crippen LogP contribution is 2.14. The minimum atomic E-state index is -0.547. The Morgan fingerprint density at radius 1 is 0.957 bits per heavy atom. The maximum absolute atomic E-state index is 11.9. The minimum Gasteiger partial charge on any atom is -0.494 e. The molecule has 5 heteroatoms.